The van der Waals surface area contributed by atoms with Crippen molar-refractivity contribution in [3.63, 3.8) is 0 Å². The average Bonchev–Trinajstić information content (AvgIpc) is 3.24. The normalized spacial score (nSPS) is 12.9. The number of esters is 1. The number of aliphatic hydroxyl groups excluding tert-OH is 2. The lowest BCUT2D eigenvalue weighted by atomic mass is 10.1. The standard InChI is InChI=1S/C53H99NO5/c1-3-5-7-9-11-13-15-22-27-31-35-39-43-47-53(58)59-48-44-40-36-32-28-24-21-19-17-16-18-20-23-26-30-34-38-42-46-52(57)54-50(49-55)51(56)45-41-37-33-29-25-14-12-10-8-6-4-2/h13,15,18,20,41,45,50-51,55-56H,3-12,14,16-17,19,21-40,42-44,46-49H2,1-2H3,(H,54,57)/b15-13-,20-18-,45-41+. The Morgan fingerprint density at radius 2 is 0.797 bits per heavy atom. The monoisotopic (exact) mass is 830 g/mol. The molecule has 0 rings (SSSR count). The van der Waals surface area contributed by atoms with Gasteiger partial charge in [-0.25, -0.2) is 0 Å². The van der Waals surface area contributed by atoms with Gasteiger partial charge >= 0.3 is 5.97 Å². The summed E-state index contributed by atoms with van der Waals surface area (Å²) in [5.74, 6) is -0.0927. The van der Waals surface area contributed by atoms with Crippen LogP contribution < -0.4 is 5.32 Å². The van der Waals surface area contributed by atoms with Gasteiger partial charge in [0.25, 0.3) is 0 Å². The molecular weight excluding hydrogens is 731 g/mol. The number of aliphatic hydroxyl groups is 2. The van der Waals surface area contributed by atoms with Crippen molar-refractivity contribution < 1.29 is 24.5 Å². The maximum absolute atomic E-state index is 12.4. The number of hydrogen-bond donors (Lipinski definition) is 3. The maximum atomic E-state index is 12.4. The number of ether oxygens (including phenoxy) is 1. The molecule has 0 heterocycles. The third-order valence-corrected chi connectivity index (χ3v) is 11.6. The lowest BCUT2D eigenvalue weighted by Gasteiger charge is -2.20. The van der Waals surface area contributed by atoms with E-state index >= 15 is 0 Å². The fourth-order valence-electron chi connectivity index (χ4n) is 7.62. The molecule has 6 heteroatoms. The molecule has 6 nitrogen and oxygen atoms in total. The molecule has 3 N–H and O–H groups in total. The number of amides is 1. The Morgan fingerprint density at radius 1 is 0.458 bits per heavy atom. The van der Waals surface area contributed by atoms with Crippen molar-refractivity contribution >= 4 is 11.9 Å². The molecule has 0 aliphatic heterocycles. The van der Waals surface area contributed by atoms with Gasteiger partial charge in [-0.15, -0.1) is 0 Å². The molecular formula is C53H99NO5. The molecule has 0 bridgehead atoms. The molecule has 59 heavy (non-hydrogen) atoms. The number of carbonyl (C=O) groups is 2. The van der Waals surface area contributed by atoms with E-state index in [2.05, 4.69) is 43.5 Å². The molecule has 0 saturated heterocycles. The summed E-state index contributed by atoms with van der Waals surface area (Å²) in [6, 6.07) is -0.636. The van der Waals surface area contributed by atoms with E-state index in [0.29, 0.717) is 19.4 Å². The smallest absolute Gasteiger partial charge is 0.305 e. The second-order valence-electron chi connectivity index (χ2n) is 17.5. The Hall–Kier alpha value is -1.92. The van der Waals surface area contributed by atoms with Crippen LogP contribution in [0.1, 0.15) is 264 Å². The molecule has 0 aromatic heterocycles. The Kier molecular flexibility index (Phi) is 47.2. The van der Waals surface area contributed by atoms with Crippen LogP contribution in [-0.2, 0) is 14.3 Å². The molecule has 0 aliphatic carbocycles. The Bertz CT molecular complexity index is 962. The number of unbranched alkanes of at least 4 members (excludes halogenated alkanes) is 32. The second-order valence-corrected chi connectivity index (χ2v) is 17.5. The molecule has 0 aromatic carbocycles. The van der Waals surface area contributed by atoms with Crippen molar-refractivity contribution in [2.45, 2.75) is 276 Å². The van der Waals surface area contributed by atoms with Gasteiger partial charge in [-0.05, 0) is 83.5 Å². The molecule has 0 fully saturated rings. The van der Waals surface area contributed by atoms with Crippen LogP contribution >= 0.6 is 0 Å². The van der Waals surface area contributed by atoms with Gasteiger partial charge in [0, 0.05) is 12.8 Å². The summed E-state index contributed by atoms with van der Waals surface area (Å²) in [5, 5.41) is 23.0. The summed E-state index contributed by atoms with van der Waals surface area (Å²) in [6.45, 7) is 4.85. The van der Waals surface area contributed by atoms with Crippen LogP contribution in [0.2, 0.25) is 0 Å². The highest BCUT2D eigenvalue weighted by Crippen LogP contribution is 2.14. The second kappa shape index (κ2) is 48.7. The van der Waals surface area contributed by atoms with Crippen LogP contribution in [0.5, 0.6) is 0 Å². The zero-order chi connectivity index (χ0) is 43.0. The third kappa shape index (κ3) is 45.4. The van der Waals surface area contributed by atoms with E-state index in [1.807, 2.05) is 6.08 Å². The van der Waals surface area contributed by atoms with Crippen LogP contribution in [0, 0.1) is 0 Å². The quantitative estimate of drug-likeness (QED) is 0.0323. The fraction of sp³-hybridized carbons (Fsp3) is 0.849. The largest absolute Gasteiger partial charge is 0.466 e. The Morgan fingerprint density at radius 3 is 1.22 bits per heavy atom. The van der Waals surface area contributed by atoms with Crippen molar-refractivity contribution in [3.05, 3.63) is 36.5 Å². The topological polar surface area (TPSA) is 95.9 Å². The van der Waals surface area contributed by atoms with Gasteiger partial charge in [0.1, 0.15) is 0 Å². The Labute approximate surface area is 366 Å². The zero-order valence-electron chi connectivity index (χ0n) is 39.2. The van der Waals surface area contributed by atoms with E-state index in [4.69, 9.17) is 4.74 Å². The molecule has 0 aromatic rings. The number of carbonyl (C=O) groups excluding carboxylic acids is 2. The Balaban J connectivity index is 3.47. The fourth-order valence-corrected chi connectivity index (χ4v) is 7.62. The average molecular weight is 830 g/mol. The highest BCUT2D eigenvalue weighted by Gasteiger charge is 2.18. The van der Waals surface area contributed by atoms with Gasteiger partial charge in [-0.2, -0.15) is 0 Å². The summed E-state index contributed by atoms with van der Waals surface area (Å²) in [6.07, 6.45) is 58.6. The molecule has 346 valence electrons. The summed E-state index contributed by atoms with van der Waals surface area (Å²) < 4.78 is 5.45. The van der Waals surface area contributed by atoms with Gasteiger partial charge in [0.2, 0.25) is 5.91 Å². The van der Waals surface area contributed by atoms with Crippen molar-refractivity contribution in [1.82, 2.24) is 5.32 Å². The number of hydrogen-bond acceptors (Lipinski definition) is 5. The van der Waals surface area contributed by atoms with Gasteiger partial charge < -0.3 is 20.3 Å². The van der Waals surface area contributed by atoms with Crippen molar-refractivity contribution in [2.75, 3.05) is 13.2 Å². The van der Waals surface area contributed by atoms with E-state index in [-0.39, 0.29) is 18.5 Å². The summed E-state index contributed by atoms with van der Waals surface area (Å²) in [7, 11) is 0. The van der Waals surface area contributed by atoms with Crippen LogP contribution in [0.15, 0.2) is 36.5 Å². The predicted molar refractivity (Wildman–Crippen MR) is 255 cm³/mol. The summed E-state index contributed by atoms with van der Waals surface area (Å²) in [5.41, 5.74) is 0. The molecule has 2 atom stereocenters. The van der Waals surface area contributed by atoms with Crippen molar-refractivity contribution in [2.24, 2.45) is 0 Å². The van der Waals surface area contributed by atoms with Gasteiger partial charge in [-0.3, -0.25) is 9.59 Å². The minimum absolute atomic E-state index is 0.00800. The summed E-state index contributed by atoms with van der Waals surface area (Å²) in [4.78, 5) is 24.4. The predicted octanol–water partition coefficient (Wildman–Crippen LogP) is 15.3. The van der Waals surface area contributed by atoms with Gasteiger partial charge in [-0.1, -0.05) is 204 Å². The molecule has 2 unspecified atom stereocenters. The van der Waals surface area contributed by atoms with Crippen molar-refractivity contribution in [1.29, 1.82) is 0 Å². The highest BCUT2D eigenvalue weighted by molar-refractivity contribution is 5.76. The van der Waals surface area contributed by atoms with Gasteiger partial charge in [0.15, 0.2) is 0 Å². The first-order valence-corrected chi connectivity index (χ1v) is 25.8. The minimum atomic E-state index is -0.851. The molecule has 0 aliphatic rings. The lowest BCUT2D eigenvalue weighted by molar-refractivity contribution is -0.143. The van der Waals surface area contributed by atoms with E-state index < -0.39 is 12.1 Å². The van der Waals surface area contributed by atoms with Crippen LogP contribution in [0.4, 0.5) is 0 Å². The first-order chi connectivity index (χ1) is 29.0. The summed E-state index contributed by atoms with van der Waals surface area (Å²) >= 11 is 0. The third-order valence-electron chi connectivity index (χ3n) is 11.6. The molecule has 0 radical (unpaired) electrons. The van der Waals surface area contributed by atoms with Gasteiger partial charge in [0.05, 0.1) is 25.4 Å². The lowest BCUT2D eigenvalue weighted by Crippen LogP contribution is -2.45. The highest BCUT2D eigenvalue weighted by atomic mass is 16.5. The van der Waals surface area contributed by atoms with E-state index in [1.54, 1.807) is 6.08 Å². The maximum Gasteiger partial charge on any atom is 0.305 e. The number of nitrogens with one attached hydrogen (secondary N) is 1. The number of rotatable bonds is 47. The van der Waals surface area contributed by atoms with Crippen LogP contribution in [0.25, 0.3) is 0 Å². The van der Waals surface area contributed by atoms with E-state index in [9.17, 15) is 19.8 Å². The zero-order valence-corrected chi connectivity index (χ0v) is 39.2. The van der Waals surface area contributed by atoms with Crippen molar-refractivity contribution in [3.8, 4) is 0 Å². The van der Waals surface area contributed by atoms with Crippen LogP contribution in [-0.4, -0.2) is 47.4 Å². The molecule has 1 amide bonds. The van der Waals surface area contributed by atoms with E-state index in [0.717, 1.165) is 64.2 Å². The molecule has 0 spiro atoms. The first-order valence-electron chi connectivity index (χ1n) is 25.8. The minimum Gasteiger partial charge on any atom is -0.466 e. The van der Waals surface area contributed by atoms with E-state index in [1.165, 1.54) is 173 Å². The SMILES string of the molecule is CCCCCC/C=C\CCCCCCCC(=O)OCCCCCCCCCCC/C=C\CCCCCCCC(=O)NC(CO)C(O)/C=C/CCCCCCCCCCC. The van der Waals surface area contributed by atoms with Crippen LogP contribution in [0.3, 0.4) is 0 Å². The number of allylic oxidation sites excluding steroid dienone is 5. The first kappa shape index (κ1) is 57.1. The molecule has 0 saturated carbocycles.